The SMILES string of the molecule is CCCCCCOC(=O)C(CC)CCC(C)C.O=C(O)C1CCCC(C(=O)O)C1. The van der Waals surface area contributed by atoms with Crippen molar-refractivity contribution in [2.75, 3.05) is 6.61 Å². The minimum Gasteiger partial charge on any atom is -0.481 e. The molecule has 6 heteroatoms. The smallest absolute Gasteiger partial charge is 0.308 e. The van der Waals surface area contributed by atoms with Crippen LogP contribution in [-0.4, -0.2) is 34.7 Å². The van der Waals surface area contributed by atoms with Crippen molar-refractivity contribution in [3.63, 3.8) is 0 Å². The molecule has 1 saturated carbocycles. The maximum Gasteiger partial charge on any atom is 0.308 e. The van der Waals surface area contributed by atoms with E-state index in [2.05, 4.69) is 27.7 Å². The average molecular weight is 415 g/mol. The zero-order valence-electron chi connectivity index (χ0n) is 18.8. The summed E-state index contributed by atoms with van der Waals surface area (Å²) in [6.45, 7) is 9.26. The van der Waals surface area contributed by atoms with Crippen molar-refractivity contribution < 1.29 is 29.3 Å². The lowest BCUT2D eigenvalue weighted by molar-refractivity contribution is -0.150. The van der Waals surface area contributed by atoms with Crippen LogP contribution < -0.4 is 0 Å². The predicted octanol–water partition coefficient (Wildman–Crippen LogP) is 5.53. The third-order valence-electron chi connectivity index (χ3n) is 5.53. The van der Waals surface area contributed by atoms with Crippen LogP contribution >= 0.6 is 0 Å². The number of unbranched alkanes of at least 4 members (excludes halogenated alkanes) is 3. The van der Waals surface area contributed by atoms with Gasteiger partial charge >= 0.3 is 17.9 Å². The van der Waals surface area contributed by atoms with E-state index in [1.807, 2.05) is 0 Å². The number of aliphatic carboxylic acids is 2. The highest BCUT2D eigenvalue weighted by Gasteiger charge is 2.30. The van der Waals surface area contributed by atoms with Crippen LogP contribution in [0.4, 0.5) is 0 Å². The normalized spacial score (nSPS) is 19.8. The number of hydrogen-bond acceptors (Lipinski definition) is 4. The minimum absolute atomic E-state index is 0.0182. The monoisotopic (exact) mass is 414 g/mol. The Hall–Kier alpha value is -1.59. The van der Waals surface area contributed by atoms with Gasteiger partial charge in [-0.3, -0.25) is 14.4 Å². The summed E-state index contributed by atoms with van der Waals surface area (Å²) in [5, 5.41) is 17.3. The molecule has 3 atom stereocenters. The molecule has 0 bridgehead atoms. The lowest BCUT2D eigenvalue weighted by Crippen LogP contribution is -2.26. The van der Waals surface area contributed by atoms with Gasteiger partial charge in [-0.15, -0.1) is 0 Å². The molecule has 2 N–H and O–H groups in total. The van der Waals surface area contributed by atoms with Crippen molar-refractivity contribution in [1.29, 1.82) is 0 Å². The fourth-order valence-electron chi connectivity index (χ4n) is 3.48. The molecule has 0 aromatic carbocycles. The Balaban J connectivity index is 0.000000571. The van der Waals surface area contributed by atoms with Gasteiger partial charge in [-0.05, 0) is 44.4 Å². The van der Waals surface area contributed by atoms with E-state index in [0.717, 1.165) is 25.7 Å². The maximum atomic E-state index is 11.8. The number of carboxylic acid groups (broad SMARTS) is 2. The Morgan fingerprint density at radius 1 is 0.931 bits per heavy atom. The van der Waals surface area contributed by atoms with E-state index in [1.54, 1.807) is 0 Å². The van der Waals surface area contributed by atoms with E-state index in [0.29, 0.717) is 38.2 Å². The summed E-state index contributed by atoms with van der Waals surface area (Å²) in [5.41, 5.74) is 0. The summed E-state index contributed by atoms with van der Waals surface area (Å²) < 4.78 is 5.33. The van der Waals surface area contributed by atoms with Crippen molar-refractivity contribution in [3.8, 4) is 0 Å². The predicted molar refractivity (Wildman–Crippen MR) is 114 cm³/mol. The summed E-state index contributed by atoms with van der Waals surface area (Å²) >= 11 is 0. The molecule has 29 heavy (non-hydrogen) atoms. The van der Waals surface area contributed by atoms with Crippen molar-refractivity contribution >= 4 is 17.9 Å². The average Bonchev–Trinajstić information content (AvgIpc) is 2.68. The lowest BCUT2D eigenvalue weighted by atomic mass is 9.81. The van der Waals surface area contributed by atoms with E-state index in [4.69, 9.17) is 14.9 Å². The Morgan fingerprint density at radius 2 is 1.52 bits per heavy atom. The second-order valence-electron chi connectivity index (χ2n) is 8.54. The van der Waals surface area contributed by atoms with Gasteiger partial charge in [0.2, 0.25) is 0 Å². The zero-order chi connectivity index (χ0) is 22.2. The highest BCUT2D eigenvalue weighted by atomic mass is 16.5. The fraction of sp³-hybridized carbons (Fsp3) is 0.870. The quantitative estimate of drug-likeness (QED) is 0.321. The van der Waals surface area contributed by atoms with Gasteiger partial charge in [-0.1, -0.05) is 59.8 Å². The van der Waals surface area contributed by atoms with Gasteiger partial charge < -0.3 is 14.9 Å². The molecule has 1 rings (SSSR count). The Bertz CT molecular complexity index is 454. The third-order valence-corrected chi connectivity index (χ3v) is 5.53. The molecule has 170 valence electrons. The molecule has 0 amide bonds. The number of esters is 1. The molecule has 0 aliphatic heterocycles. The van der Waals surface area contributed by atoms with Crippen LogP contribution in [0.3, 0.4) is 0 Å². The van der Waals surface area contributed by atoms with Crippen molar-refractivity contribution in [2.24, 2.45) is 23.7 Å². The van der Waals surface area contributed by atoms with E-state index in [1.165, 1.54) is 19.3 Å². The van der Waals surface area contributed by atoms with E-state index < -0.39 is 23.8 Å². The topological polar surface area (TPSA) is 101 Å². The Kier molecular flexibility index (Phi) is 15.3. The first kappa shape index (κ1) is 27.4. The van der Waals surface area contributed by atoms with E-state index in [-0.39, 0.29) is 11.9 Å². The molecule has 0 aromatic rings. The second-order valence-corrected chi connectivity index (χ2v) is 8.54. The Labute approximate surface area is 176 Å². The van der Waals surface area contributed by atoms with Crippen LogP contribution in [0.2, 0.25) is 0 Å². The number of hydrogen-bond donors (Lipinski definition) is 2. The van der Waals surface area contributed by atoms with Crippen molar-refractivity contribution in [1.82, 2.24) is 0 Å². The summed E-state index contributed by atoms with van der Waals surface area (Å²) in [6.07, 6.45) is 9.90. The van der Waals surface area contributed by atoms with Crippen LogP contribution in [0.5, 0.6) is 0 Å². The number of carbonyl (C=O) groups excluding carboxylic acids is 1. The molecular weight excluding hydrogens is 372 g/mol. The number of carbonyl (C=O) groups is 3. The fourth-order valence-corrected chi connectivity index (χ4v) is 3.48. The molecule has 1 aliphatic rings. The number of ether oxygens (including phenoxy) is 1. The largest absolute Gasteiger partial charge is 0.481 e. The number of rotatable bonds is 12. The van der Waals surface area contributed by atoms with Gasteiger partial charge in [0.05, 0.1) is 24.4 Å². The molecule has 1 fully saturated rings. The van der Waals surface area contributed by atoms with Crippen LogP contribution in [0.15, 0.2) is 0 Å². The molecule has 6 nitrogen and oxygen atoms in total. The molecule has 0 aromatic heterocycles. The Morgan fingerprint density at radius 3 is 1.97 bits per heavy atom. The molecule has 0 spiro atoms. The molecular formula is C23H42O6. The lowest BCUT2D eigenvalue weighted by Gasteiger charge is -2.23. The summed E-state index contributed by atoms with van der Waals surface area (Å²) in [7, 11) is 0. The van der Waals surface area contributed by atoms with Gasteiger partial charge in [-0.25, -0.2) is 0 Å². The summed E-state index contributed by atoms with van der Waals surface area (Å²) in [4.78, 5) is 32.9. The van der Waals surface area contributed by atoms with Crippen LogP contribution in [0.1, 0.15) is 98.3 Å². The first-order valence-corrected chi connectivity index (χ1v) is 11.3. The molecule has 0 radical (unpaired) electrons. The van der Waals surface area contributed by atoms with Crippen molar-refractivity contribution in [3.05, 3.63) is 0 Å². The minimum atomic E-state index is -0.860. The zero-order valence-corrected chi connectivity index (χ0v) is 18.8. The van der Waals surface area contributed by atoms with Gasteiger partial charge in [0.25, 0.3) is 0 Å². The molecule has 1 aliphatic carbocycles. The standard InChI is InChI=1S/C15H30O2.C8H12O4/c1-5-7-8-9-12-17-15(16)14(6-2)11-10-13(3)4;9-7(10)5-2-1-3-6(4-5)8(11)12/h13-14H,5-12H2,1-4H3;5-6H,1-4H2,(H,9,10)(H,11,12). The number of carboxylic acids is 2. The molecule has 0 heterocycles. The van der Waals surface area contributed by atoms with E-state index >= 15 is 0 Å². The van der Waals surface area contributed by atoms with Crippen LogP contribution in [0, 0.1) is 23.7 Å². The van der Waals surface area contributed by atoms with Crippen molar-refractivity contribution in [2.45, 2.75) is 98.3 Å². The van der Waals surface area contributed by atoms with Gasteiger partial charge in [-0.2, -0.15) is 0 Å². The highest BCUT2D eigenvalue weighted by Crippen LogP contribution is 2.29. The molecule has 0 saturated heterocycles. The van der Waals surface area contributed by atoms with E-state index in [9.17, 15) is 14.4 Å². The summed E-state index contributed by atoms with van der Waals surface area (Å²) in [6, 6.07) is 0. The molecule has 3 unspecified atom stereocenters. The highest BCUT2D eigenvalue weighted by molar-refractivity contribution is 5.74. The van der Waals surface area contributed by atoms with Gasteiger partial charge in [0.15, 0.2) is 0 Å². The van der Waals surface area contributed by atoms with Gasteiger partial charge in [0.1, 0.15) is 0 Å². The van der Waals surface area contributed by atoms with Crippen LogP contribution in [-0.2, 0) is 19.1 Å². The first-order chi connectivity index (χ1) is 13.7. The first-order valence-electron chi connectivity index (χ1n) is 11.3. The van der Waals surface area contributed by atoms with Crippen LogP contribution in [0.25, 0.3) is 0 Å². The maximum absolute atomic E-state index is 11.8. The third kappa shape index (κ3) is 13.3. The second kappa shape index (κ2) is 16.2. The van der Waals surface area contributed by atoms with Gasteiger partial charge in [0, 0.05) is 0 Å². The summed E-state index contributed by atoms with van der Waals surface area (Å²) in [5.74, 6) is -1.81.